The summed E-state index contributed by atoms with van der Waals surface area (Å²) in [4.78, 5) is 29.3. The van der Waals surface area contributed by atoms with Gasteiger partial charge in [0, 0.05) is 10.8 Å². The number of aromatic carboxylic acids is 1. The minimum Gasteiger partial charge on any atom is -0.497 e. The summed E-state index contributed by atoms with van der Waals surface area (Å²) in [5, 5.41) is 10.2. The minimum atomic E-state index is -4.53. The lowest BCUT2D eigenvalue weighted by Gasteiger charge is -2.23. The van der Waals surface area contributed by atoms with Crippen LogP contribution in [-0.4, -0.2) is 37.7 Å². The van der Waals surface area contributed by atoms with Gasteiger partial charge in [0.2, 0.25) is 0 Å². The maximum Gasteiger partial charge on any atom is 0.434 e. The summed E-state index contributed by atoms with van der Waals surface area (Å²) in [5.74, 6) is -0.598. The number of ether oxygens (including phenoxy) is 2. The molecule has 0 aliphatic carbocycles. The monoisotopic (exact) mass is 608 g/mol. The number of rotatable bonds is 6. The van der Waals surface area contributed by atoms with Crippen molar-refractivity contribution < 1.29 is 32.6 Å². The molecule has 4 aromatic carbocycles. The Kier molecular flexibility index (Phi) is 7.84. The normalized spacial score (nSPS) is 11.0. The van der Waals surface area contributed by atoms with Crippen LogP contribution in [0.25, 0.3) is 21.8 Å². The summed E-state index contributed by atoms with van der Waals surface area (Å²) in [5.41, 5.74) is 1.03. The third kappa shape index (κ3) is 5.27. The summed E-state index contributed by atoms with van der Waals surface area (Å²) in [6, 6.07) is 24.5. The van der Waals surface area contributed by atoms with Gasteiger partial charge in [-0.2, -0.15) is 4.31 Å². The number of halogens is 1. The van der Waals surface area contributed by atoms with Gasteiger partial charge in [0.25, 0.3) is 10.0 Å². The Bertz CT molecular complexity index is 1740. The summed E-state index contributed by atoms with van der Waals surface area (Å²) in [7, 11) is -3.07. The SMILES string of the molecule is Br.COc1ccc(N(C(=O)Oc2c3ccccc3nc3ccccc23)S(=O)(=O)c2ccc(C(=O)O)cc2)cc1. The van der Waals surface area contributed by atoms with Gasteiger partial charge in [-0.25, -0.2) is 23.0 Å². The first-order valence-electron chi connectivity index (χ1n) is 11.3. The van der Waals surface area contributed by atoms with E-state index in [1.165, 1.54) is 31.4 Å². The Labute approximate surface area is 234 Å². The standard InChI is InChI=1S/C28H20N2O7S.BrH/c1-36-20-14-12-19(13-15-20)30(38(34,35)21-16-10-18(11-17-21)27(31)32)28(33)37-26-22-6-2-4-8-24(22)29-25-9-5-3-7-23(25)26;/h2-17H,1H3,(H,31,32);1H. The number of carboxylic acid groups (broad SMARTS) is 1. The van der Waals surface area contributed by atoms with Gasteiger partial charge in [0.05, 0.1) is 34.3 Å². The molecule has 0 aliphatic heterocycles. The first kappa shape index (κ1) is 27.6. The van der Waals surface area contributed by atoms with Gasteiger partial charge in [-0.3, -0.25) is 0 Å². The zero-order valence-electron chi connectivity index (χ0n) is 20.3. The second-order valence-electron chi connectivity index (χ2n) is 8.14. The van der Waals surface area contributed by atoms with Crippen molar-refractivity contribution in [2.45, 2.75) is 4.90 Å². The van der Waals surface area contributed by atoms with Gasteiger partial charge in [-0.15, -0.1) is 17.0 Å². The molecule has 1 heterocycles. The molecule has 1 amide bonds. The molecule has 0 bridgehead atoms. The van der Waals surface area contributed by atoms with Crippen molar-refractivity contribution in [1.29, 1.82) is 0 Å². The Balaban J connectivity index is 0.00000353. The number of nitrogens with zero attached hydrogens (tertiary/aromatic N) is 2. The zero-order valence-corrected chi connectivity index (χ0v) is 22.9. The van der Waals surface area contributed by atoms with Crippen molar-refractivity contribution >= 4 is 66.6 Å². The number of hydrogen-bond donors (Lipinski definition) is 1. The molecule has 0 atom stereocenters. The molecule has 9 nitrogen and oxygen atoms in total. The van der Waals surface area contributed by atoms with Crippen LogP contribution in [0.3, 0.4) is 0 Å². The van der Waals surface area contributed by atoms with E-state index in [2.05, 4.69) is 4.98 Å². The van der Waals surface area contributed by atoms with Crippen LogP contribution in [-0.2, 0) is 10.0 Å². The second kappa shape index (κ2) is 11.1. The summed E-state index contributed by atoms with van der Waals surface area (Å²) in [6.45, 7) is 0. The largest absolute Gasteiger partial charge is 0.497 e. The Morgan fingerprint density at radius 3 is 1.85 bits per heavy atom. The van der Waals surface area contributed by atoms with E-state index in [1.807, 2.05) is 0 Å². The van der Waals surface area contributed by atoms with E-state index < -0.39 is 22.1 Å². The number of carbonyl (C=O) groups excluding carboxylic acids is 1. The molecule has 0 saturated heterocycles. The van der Waals surface area contributed by atoms with Gasteiger partial charge >= 0.3 is 12.1 Å². The van der Waals surface area contributed by atoms with Crippen molar-refractivity contribution in [3.63, 3.8) is 0 Å². The van der Waals surface area contributed by atoms with Crippen LogP contribution < -0.4 is 13.8 Å². The molecule has 0 aliphatic rings. The lowest BCUT2D eigenvalue weighted by molar-refractivity contribution is 0.0696. The number of carboxylic acids is 1. The molecular weight excluding hydrogens is 588 g/mol. The minimum absolute atomic E-state index is 0. The molecule has 0 unspecified atom stereocenters. The number of aromatic nitrogens is 1. The molecule has 0 radical (unpaired) electrons. The van der Waals surface area contributed by atoms with Gasteiger partial charge in [-0.05, 0) is 72.8 Å². The number of anilines is 1. The first-order valence-corrected chi connectivity index (χ1v) is 12.8. The molecule has 11 heteroatoms. The molecule has 0 spiro atoms. The predicted octanol–water partition coefficient (Wildman–Crippen LogP) is 6.07. The highest BCUT2D eigenvalue weighted by atomic mass is 79.9. The molecule has 39 heavy (non-hydrogen) atoms. The number of carbonyl (C=O) groups is 2. The van der Waals surface area contributed by atoms with Crippen LogP contribution >= 0.6 is 17.0 Å². The number of para-hydroxylation sites is 2. The molecular formula is C28H21BrN2O7S. The first-order chi connectivity index (χ1) is 18.3. The highest BCUT2D eigenvalue weighted by Crippen LogP contribution is 2.35. The van der Waals surface area contributed by atoms with E-state index in [9.17, 15) is 23.1 Å². The van der Waals surface area contributed by atoms with Crippen molar-refractivity contribution in [1.82, 2.24) is 4.98 Å². The highest BCUT2D eigenvalue weighted by molar-refractivity contribution is 8.93. The Morgan fingerprint density at radius 2 is 1.33 bits per heavy atom. The Hall–Kier alpha value is -4.48. The number of methoxy groups -OCH3 is 1. The van der Waals surface area contributed by atoms with Gasteiger partial charge < -0.3 is 14.6 Å². The smallest absolute Gasteiger partial charge is 0.434 e. The van der Waals surface area contributed by atoms with E-state index in [0.717, 1.165) is 24.3 Å². The summed E-state index contributed by atoms with van der Waals surface area (Å²) >= 11 is 0. The number of amides is 1. The molecule has 198 valence electrons. The second-order valence-corrected chi connectivity index (χ2v) is 9.93. The fraction of sp³-hybridized carbons (Fsp3) is 0.0357. The van der Waals surface area contributed by atoms with Crippen LogP contribution in [0.1, 0.15) is 10.4 Å². The fourth-order valence-electron chi connectivity index (χ4n) is 3.97. The third-order valence-corrected chi connectivity index (χ3v) is 7.55. The molecule has 0 saturated carbocycles. The van der Waals surface area contributed by atoms with Crippen LogP contribution in [0, 0.1) is 0 Å². The van der Waals surface area contributed by atoms with Crippen molar-refractivity contribution in [2.75, 3.05) is 11.4 Å². The van der Waals surface area contributed by atoms with Crippen LogP contribution in [0.4, 0.5) is 10.5 Å². The Morgan fingerprint density at radius 1 is 0.795 bits per heavy atom. The summed E-state index contributed by atoms with van der Waals surface area (Å²) in [6.07, 6.45) is -1.18. The van der Waals surface area contributed by atoms with Gasteiger partial charge in [0.1, 0.15) is 5.75 Å². The molecule has 5 rings (SSSR count). The lowest BCUT2D eigenvalue weighted by atomic mass is 10.1. The zero-order chi connectivity index (χ0) is 26.9. The number of sulfonamides is 1. The highest BCUT2D eigenvalue weighted by Gasteiger charge is 2.34. The topological polar surface area (TPSA) is 123 Å². The number of benzene rings is 4. The maximum atomic E-state index is 13.8. The lowest BCUT2D eigenvalue weighted by Crippen LogP contribution is -2.39. The fourth-order valence-corrected chi connectivity index (χ4v) is 5.30. The van der Waals surface area contributed by atoms with Crippen molar-refractivity contribution in [3.8, 4) is 11.5 Å². The van der Waals surface area contributed by atoms with Crippen molar-refractivity contribution in [3.05, 3.63) is 103 Å². The average molecular weight is 609 g/mol. The quantitative estimate of drug-likeness (QED) is 0.230. The molecule has 1 aromatic heterocycles. The number of fused-ring (bicyclic) bond motifs is 2. The molecule has 1 N–H and O–H groups in total. The van der Waals surface area contributed by atoms with Gasteiger partial charge in [-0.1, -0.05) is 24.3 Å². The molecule has 5 aromatic rings. The van der Waals surface area contributed by atoms with Gasteiger partial charge in [0.15, 0.2) is 5.75 Å². The predicted molar refractivity (Wildman–Crippen MR) is 152 cm³/mol. The van der Waals surface area contributed by atoms with E-state index in [4.69, 9.17) is 9.47 Å². The maximum absolute atomic E-state index is 13.8. The average Bonchev–Trinajstić information content (AvgIpc) is 2.93. The number of hydrogen-bond acceptors (Lipinski definition) is 7. The summed E-state index contributed by atoms with van der Waals surface area (Å²) < 4.78 is 39.0. The van der Waals surface area contributed by atoms with E-state index >= 15 is 0 Å². The van der Waals surface area contributed by atoms with Crippen LogP contribution in [0.5, 0.6) is 11.5 Å². The third-order valence-electron chi connectivity index (χ3n) is 5.84. The van der Waals surface area contributed by atoms with E-state index in [0.29, 0.717) is 31.9 Å². The van der Waals surface area contributed by atoms with Crippen LogP contribution in [0.15, 0.2) is 102 Å². The van der Waals surface area contributed by atoms with E-state index in [1.54, 1.807) is 48.5 Å². The molecule has 0 fully saturated rings. The van der Waals surface area contributed by atoms with E-state index in [-0.39, 0.29) is 38.9 Å². The number of pyridine rings is 1. The van der Waals surface area contributed by atoms with Crippen LogP contribution in [0.2, 0.25) is 0 Å². The van der Waals surface area contributed by atoms with Crippen molar-refractivity contribution in [2.24, 2.45) is 0 Å².